The zero-order valence-corrected chi connectivity index (χ0v) is 18.3. The van der Waals surface area contributed by atoms with E-state index in [0.717, 1.165) is 43.6 Å². The Morgan fingerprint density at radius 2 is 1.84 bits per heavy atom. The van der Waals surface area contributed by atoms with Crippen molar-refractivity contribution in [3.8, 4) is 0 Å². The number of likely N-dealkylation sites (N-methyl/N-ethyl adjacent to an activating group) is 1. The lowest BCUT2D eigenvalue weighted by molar-refractivity contribution is -0.139. The van der Waals surface area contributed by atoms with Crippen LogP contribution in [0, 0.1) is 17.6 Å². The van der Waals surface area contributed by atoms with Gasteiger partial charge in [-0.2, -0.15) is 0 Å². The molecule has 4 rings (SSSR count). The van der Waals surface area contributed by atoms with Crippen molar-refractivity contribution < 1.29 is 22.8 Å². The van der Waals surface area contributed by atoms with E-state index in [1.54, 1.807) is 23.1 Å². The first-order chi connectivity index (χ1) is 15.4. The second-order valence-electron chi connectivity index (χ2n) is 8.72. The number of nitrogens with zero attached hydrogens (tertiary/aromatic N) is 3. The van der Waals surface area contributed by atoms with Gasteiger partial charge in [-0.15, -0.1) is 0 Å². The fourth-order valence-electron chi connectivity index (χ4n) is 4.91. The van der Waals surface area contributed by atoms with Crippen molar-refractivity contribution in [3.63, 3.8) is 0 Å². The van der Waals surface area contributed by atoms with Crippen molar-refractivity contribution in [3.05, 3.63) is 59.6 Å². The van der Waals surface area contributed by atoms with Crippen LogP contribution >= 0.6 is 0 Å². The smallest absolute Gasteiger partial charge is 0.256 e. The van der Waals surface area contributed by atoms with Crippen molar-refractivity contribution in [2.45, 2.75) is 38.3 Å². The molecule has 172 valence electrons. The molecule has 0 spiro atoms. The highest BCUT2D eigenvalue weighted by Gasteiger charge is 2.39. The number of amides is 2. The SMILES string of the molecule is CN(Cc1ccco1)C(=O)[C@H](C1CCCC1)N1CCN(C(=O)c2ccc(F)cc2F)CC1. The van der Waals surface area contributed by atoms with Gasteiger partial charge in [-0.1, -0.05) is 12.8 Å². The van der Waals surface area contributed by atoms with Gasteiger partial charge in [-0.05, 0) is 43.0 Å². The number of piperazine rings is 1. The van der Waals surface area contributed by atoms with Gasteiger partial charge in [0.05, 0.1) is 24.4 Å². The molecule has 2 amide bonds. The van der Waals surface area contributed by atoms with Crippen molar-refractivity contribution in [1.82, 2.24) is 14.7 Å². The fourth-order valence-corrected chi connectivity index (χ4v) is 4.91. The molecule has 6 nitrogen and oxygen atoms in total. The molecule has 0 radical (unpaired) electrons. The third-order valence-corrected chi connectivity index (χ3v) is 6.61. The monoisotopic (exact) mass is 445 g/mol. The van der Waals surface area contributed by atoms with Crippen molar-refractivity contribution in [1.29, 1.82) is 0 Å². The summed E-state index contributed by atoms with van der Waals surface area (Å²) in [4.78, 5) is 31.7. The van der Waals surface area contributed by atoms with Crippen LogP contribution in [-0.2, 0) is 11.3 Å². The van der Waals surface area contributed by atoms with Gasteiger partial charge < -0.3 is 14.2 Å². The Morgan fingerprint density at radius 3 is 2.47 bits per heavy atom. The molecule has 32 heavy (non-hydrogen) atoms. The average Bonchev–Trinajstić information content (AvgIpc) is 3.48. The fraction of sp³-hybridized carbons (Fsp3) is 0.500. The molecule has 0 unspecified atom stereocenters. The van der Waals surface area contributed by atoms with E-state index in [4.69, 9.17) is 4.42 Å². The number of carbonyl (C=O) groups is 2. The second-order valence-corrected chi connectivity index (χ2v) is 8.72. The second kappa shape index (κ2) is 9.81. The highest BCUT2D eigenvalue weighted by Crippen LogP contribution is 2.32. The number of carbonyl (C=O) groups excluding carboxylic acids is 2. The topological polar surface area (TPSA) is 57.0 Å². The van der Waals surface area contributed by atoms with Gasteiger partial charge in [-0.25, -0.2) is 8.78 Å². The Balaban J connectivity index is 1.43. The van der Waals surface area contributed by atoms with Crippen LogP contribution in [0.2, 0.25) is 0 Å². The summed E-state index contributed by atoms with van der Waals surface area (Å²) < 4.78 is 32.6. The summed E-state index contributed by atoms with van der Waals surface area (Å²) in [5, 5.41) is 0. The van der Waals surface area contributed by atoms with Crippen LogP contribution in [0.4, 0.5) is 8.78 Å². The van der Waals surface area contributed by atoms with Gasteiger partial charge in [0, 0.05) is 39.3 Å². The lowest BCUT2D eigenvalue weighted by Gasteiger charge is -2.42. The molecule has 1 aliphatic heterocycles. The average molecular weight is 446 g/mol. The summed E-state index contributed by atoms with van der Waals surface area (Å²) >= 11 is 0. The third-order valence-electron chi connectivity index (χ3n) is 6.61. The lowest BCUT2D eigenvalue weighted by atomic mass is 9.94. The zero-order valence-electron chi connectivity index (χ0n) is 18.3. The minimum Gasteiger partial charge on any atom is -0.467 e. The lowest BCUT2D eigenvalue weighted by Crippen LogP contribution is -2.58. The van der Waals surface area contributed by atoms with E-state index in [1.165, 1.54) is 6.07 Å². The Bertz CT molecular complexity index is 936. The first-order valence-electron chi connectivity index (χ1n) is 11.2. The summed E-state index contributed by atoms with van der Waals surface area (Å²) in [5.41, 5.74) is -0.124. The quantitative estimate of drug-likeness (QED) is 0.683. The molecule has 1 aromatic carbocycles. The summed E-state index contributed by atoms with van der Waals surface area (Å²) in [5.74, 6) is -0.906. The molecular formula is C24H29F2N3O3. The molecule has 2 aromatic rings. The highest BCUT2D eigenvalue weighted by atomic mass is 19.1. The number of furan rings is 1. The summed E-state index contributed by atoms with van der Waals surface area (Å²) in [6.07, 6.45) is 5.88. The molecule has 1 atom stereocenters. The summed E-state index contributed by atoms with van der Waals surface area (Å²) in [6, 6.07) is 6.43. The molecular weight excluding hydrogens is 416 g/mol. The number of hydrogen-bond donors (Lipinski definition) is 0. The Labute approximate surface area is 186 Å². The molecule has 0 bridgehead atoms. The number of benzene rings is 1. The van der Waals surface area contributed by atoms with E-state index in [-0.39, 0.29) is 17.5 Å². The maximum atomic E-state index is 14.1. The number of rotatable bonds is 6. The molecule has 0 N–H and O–H groups in total. The maximum Gasteiger partial charge on any atom is 0.256 e. The first kappa shape index (κ1) is 22.5. The summed E-state index contributed by atoms with van der Waals surface area (Å²) in [7, 11) is 1.80. The van der Waals surface area contributed by atoms with E-state index < -0.39 is 17.5 Å². The van der Waals surface area contributed by atoms with Gasteiger partial charge in [0.25, 0.3) is 5.91 Å². The third kappa shape index (κ3) is 4.85. The predicted octanol–water partition coefficient (Wildman–Crippen LogP) is 3.53. The van der Waals surface area contributed by atoms with Gasteiger partial charge in [0.1, 0.15) is 17.4 Å². The van der Waals surface area contributed by atoms with Gasteiger partial charge in [0.2, 0.25) is 5.91 Å². The number of halogens is 2. The Hall–Kier alpha value is -2.74. The summed E-state index contributed by atoms with van der Waals surface area (Å²) in [6.45, 7) is 2.28. The Kier molecular flexibility index (Phi) is 6.89. The highest BCUT2D eigenvalue weighted by molar-refractivity contribution is 5.94. The van der Waals surface area contributed by atoms with Crippen LogP contribution in [0.3, 0.4) is 0 Å². The van der Waals surface area contributed by atoms with Gasteiger partial charge in [0.15, 0.2) is 0 Å². The van der Waals surface area contributed by atoms with E-state index in [1.807, 2.05) is 12.1 Å². The molecule has 1 aliphatic carbocycles. The van der Waals surface area contributed by atoms with Crippen molar-refractivity contribution in [2.24, 2.45) is 5.92 Å². The van der Waals surface area contributed by atoms with E-state index in [2.05, 4.69) is 4.90 Å². The van der Waals surface area contributed by atoms with E-state index >= 15 is 0 Å². The molecule has 2 fully saturated rings. The maximum absolute atomic E-state index is 14.1. The molecule has 1 aromatic heterocycles. The van der Waals surface area contributed by atoms with Crippen molar-refractivity contribution >= 4 is 11.8 Å². The molecule has 1 saturated heterocycles. The Morgan fingerprint density at radius 1 is 1.12 bits per heavy atom. The molecule has 8 heteroatoms. The minimum absolute atomic E-state index is 0.0673. The first-order valence-corrected chi connectivity index (χ1v) is 11.2. The molecule has 1 saturated carbocycles. The van der Waals surface area contributed by atoms with Crippen LogP contribution in [0.25, 0.3) is 0 Å². The molecule has 2 aliphatic rings. The van der Waals surface area contributed by atoms with Crippen molar-refractivity contribution in [2.75, 3.05) is 33.2 Å². The van der Waals surface area contributed by atoms with Crippen LogP contribution in [0.1, 0.15) is 41.8 Å². The van der Waals surface area contributed by atoms with E-state index in [0.29, 0.717) is 38.6 Å². The number of hydrogen-bond acceptors (Lipinski definition) is 4. The van der Waals surface area contributed by atoms with E-state index in [9.17, 15) is 18.4 Å². The minimum atomic E-state index is -0.851. The van der Waals surface area contributed by atoms with Crippen LogP contribution < -0.4 is 0 Å². The van der Waals surface area contributed by atoms with Crippen LogP contribution in [0.5, 0.6) is 0 Å². The normalized spacial score (nSPS) is 18.7. The van der Waals surface area contributed by atoms with Crippen LogP contribution in [-0.4, -0.2) is 65.8 Å². The predicted molar refractivity (Wildman–Crippen MR) is 115 cm³/mol. The van der Waals surface area contributed by atoms with Crippen LogP contribution in [0.15, 0.2) is 41.0 Å². The standard InChI is InChI=1S/C24H29F2N3O3/c1-27(16-19-7-4-14-32-19)24(31)22(17-5-2-3-6-17)28-10-12-29(13-11-28)23(30)20-9-8-18(25)15-21(20)26/h4,7-9,14-15,17,22H,2-3,5-6,10-13,16H2,1H3/t22-/m0/s1. The van der Waals surface area contributed by atoms with Gasteiger partial charge >= 0.3 is 0 Å². The zero-order chi connectivity index (χ0) is 22.7. The molecule has 2 heterocycles. The largest absolute Gasteiger partial charge is 0.467 e. The van der Waals surface area contributed by atoms with Gasteiger partial charge in [-0.3, -0.25) is 14.5 Å².